The Labute approximate surface area is 521 Å². The number of allylic oxidation sites excluding steroid dienone is 1. The number of fused-ring (bicyclic) bond motifs is 20. The van der Waals surface area contributed by atoms with Gasteiger partial charge in [-0.2, -0.15) is 0 Å². The van der Waals surface area contributed by atoms with Gasteiger partial charge in [0.2, 0.25) is 0 Å². The largest absolute Gasteiger partial charge is 0.456 e. The Hall–Kier alpha value is -10.7. The van der Waals surface area contributed by atoms with Crippen LogP contribution < -0.4 is 9.80 Å². The Kier molecular flexibility index (Phi) is 11.4. The first-order valence-electron chi connectivity index (χ1n) is 31.0. The highest BCUT2D eigenvalue weighted by Gasteiger charge is 2.55. The van der Waals surface area contributed by atoms with Crippen molar-refractivity contribution >= 4 is 117 Å². The molecule has 0 atom stereocenters. The number of pyridine rings is 2. The fraction of sp³-hybridized carbons (Fsp3) is 0.146. The van der Waals surface area contributed by atoms with Crippen LogP contribution in [0.4, 0.5) is 28.6 Å². The monoisotopic (exact) mass is 1170 g/mol. The summed E-state index contributed by atoms with van der Waals surface area (Å²) in [6.07, 6.45) is 3.89. The number of hydrogen-bond acceptors (Lipinski definition) is 8. The zero-order valence-corrected chi connectivity index (χ0v) is 51.8. The van der Waals surface area contributed by atoms with Crippen molar-refractivity contribution in [2.24, 2.45) is 0 Å². The third-order valence-electron chi connectivity index (χ3n) is 19.2. The Morgan fingerprint density at radius 3 is 1.48 bits per heavy atom. The predicted octanol–water partition coefficient (Wildman–Crippen LogP) is 22.6. The van der Waals surface area contributed by atoms with Gasteiger partial charge in [-0.25, -0.2) is 4.98 Å². The minimum atomic E-state index is -0.988. The Morgan fingerprint density at radius 2 is 0.944 bits per heavy atom. The van der Waals surface area contributed by atoms with Crippen molar-refractivity contribution in [3.63, 3.8) is 0 Å². The first-order chi connectivity index (χ1) is 43.6. The Bertz CT molecular complexity index is 5420. The fourth-order valence-electron chi connectivity index (χ4n) is 15.0. The summed E-state index contributed by atoms with van der Waals surface area (Å²) >= 11 is 0. The molecule has 0 radical (unpaired) electrons. The molecule has 436 valence electrons. The van der Waals surface area contributed by atoms with Gasteiger partial charge in [0.1, 0.15) is 39.3 Å². The van der Waals surface area contributed by atoms with Crippen LogP contribution in [0, 0.1) is 13.8 Å². The lowest BCUT2D eigenvalue weighted by atomic mass is 9.69. The zero-order valence-electron chi connectivity index (χ0n) is 51.8. The van der Waals surface area contributed by atoms with Crippen LogP contribution in [-0.2, 0) is 16.2 Å². The van der Waals surface area contributed by atoms with E-state index in [0.717, 1.165) is 167 Å². The van der Waals surface area contributed by atoms with Gasteiger partial charge in [-0.05, 0) is 178 Å². The van der Waals surface area contributed by atoms with Crippen LogP contribution in [0.2, 0.25) is 0 Å². The third-order valence-corrected chi connectivity index (χ3v) is 19.2. The quantitative estimate of drug-likeness (QED) is 0.149. The molecule has 0 unspecified atom stereocenters. The minimum absolute atomic E-state index is 0.0645. The van der Waals surface area contributed by atoms with Crippen LogP contribution in [0.5, 0.6) is 0 Å². The van der Waals surface area contributed by atoms with Gasteiger partial charge in [-0.3, -0.25) is 9.88 Å². The molecule has 17 rings (SSSR count). The van der Waals surface area contributed by atoms with Crippen molar-refractivity contribution < 1.29 is 17.7 Å². The van der Waals surface area contributed by atoms with E-state index in [1.165, 1.54) is 11.1 Å². The standard InChI is InChI=1S/C82H64N4O4/c1-46-27-42-69(84-44-46)86(53-36-31-51(32-37-53)81(8,9)10)62-43-61-77(74-58-22-14-18-26-66(58)90-79(62)74)70(73-57-21-13-17-25-65(57)89-78(73)49(4)85(54-33-28-47(2)83-45-54)52-34-29-50(30-35-52)80(5,6)7)48(3)82(61)59-38-40-67-71(55-19-11-15-23-63(55)87-67)75(59)76-60(82)39-41-68-72(76)56-20-12-16-24-64(56)88-68/h11-45H,4H2,1-3,5-10H3. The van der Waals surface area contributed by atoms with Crippen molar-refractivity contribution in [3.05, 3.63) is 281 Å². The molecule has 0 bridgehead atoms. The van der Waals surface area contributed by atoms with E-state index in [2.05, 4.69) is 265 Å². The minimum Gasteiger partial charge on any atom is -0.456 e. The molecule has 6 aromatic heterocycles. The average molecular weight is 1170 g/mol. The first kappa shape index (κ1) is 53.5. The van der Waals surface area contributed by atoms with Crippen LogP contribution in [0.1, 0.15) is 104 Å². The number of anilines is 5. The van der Waals surface area contributed by atoms with E-state index in [0.29, 0.717) is 11.5 Å². The lowest BCUT2D eigenvalue weighted by Gasteiger charge is -2.33. The SMILES string of the molecule is C=C(c1oc2ccccc2c1C1=C(C)C2(c3ccc4oc5ccccc5c4c3-c3c2ccc2oc4ccccc4c32)c2cc(N(c3ccc(C(C)(C)C)cc3)c3ccc(C)cn3)c3oc4ccccc4c3c21)N(c1ccc(C(C)(C)C)cc1)c1ccc(C)nc1. The topological polar surface area (TPSA) is 84.8 Å². The summed E-state index contributed by atoms with van der Waals surface area (Å²) in [5, 5.41) is 7.13. The summed E-state index contributed by atoms with van der Waals surface area (Å²) in [6.45, 7) is 25.1. The van der Waals surface area contributed by atoms with Crippen molar-refractivity contribution in [3.8, 4) is 11.1 Å². The van der Waals surface area contributed by atoms with Gasteiger partial charge in [0.05, 0.1) is 28.7 Å². The van der Waals surface area contributed by atoms with Crippen molar-refractivity contribution in [2.45, 2.75) is 78.6 Å². The van der Waals surface area contributed by atoms with E-state index in [-0.39, 0.29) is 10.8 Å². The molecule has 0 saturated heterocycles. The number of aromatic nitrogens is 2. The molecule has 2 aliphatic rings. The first-order valence-corrected chi connectivity index (χ1v) is 31.0. The Morgan fingerprint density at radius 1 is 0.433 bits per heavy atom. The zero-order chi connectivity index (χ0) is 61.3. The molecule has 0 amide bonds. The summed E-state index contributed by atoms with van der Waals surface area (Å²) in [5.74, 6) is 1.39. The van der Waals surface area contributed by atoms with E-state index in [1.807, 2.05) is 19.3 Å². The predicted molar refractivity (Wildman–Crippen MR) is 369 cm³/mol. The molecule has 8 heteroatoms. The Balaban J connectivity index is 1.06. The normalized spacial score (nSPS) is 13.7. The van der Waals surface area contributed by atoms with Crippen LogP contribution >= 0.6 is 0 Å². The molecule has 90 heavy (non-hydrogen) atoms. The molecule has 0 saturated carbocycles. The van der Waals surface area contributed by atoms with E-state index in [1.54, 1.807) is 0 Å². The van der Waals surface area contributed by atoms with E-state index in [4.69, 9.17) is 34.2 Å². The second kappa shape index (κ2) is 19.2. The molecule has 9 aromatic carbocycles. The molecule has 0 aliphatic heterocycles. The smallest absolute Gasteiger partial charge is 0.160 e. The van der Waals surface area contributed by atoms with Crippen molar-refractivity contribution in [1.29, 1.82) is 0 Å². The number of rotatable bonds is 8. The van der Waals surface area contributed by atoms with Gasteiger partial charge in [0, 0.05) is 66.5 Å². The highest BCUT2D eigenvalue weighted by Crippen LogP contribution is 2.68. The van der Waals surface area contributed by atoms with Gasteiger partial charge in [0.15, 0.2) is 11.3 Å². The van der Waals surface area contributed by atoms with E-state index >= 15 is 0 Å². The second-order valence-electron chi connectivity index (χ2n) is 26.7. The van der Waals surface area contributed by atoms with E-state index < -0.39 is 5.41 Å². The number of para-hydroxylation sites is 4. The maximum atomic E-state index is 7.51. The van der Waals surface area contributed by atoms with Crippen molar-refractivity contribution in [1.82, 2.24) is 9.97 Å². The molecular weight excluding hydrogens is 1100 g/mol. The maximum absolute atomic E-state index is 7.51. The molecule has 2 aliphatic carbocycles. The summed E-state index contributed by atoms with van der Waals surface area (Å²) in [5.41, 5.74) is 22.8. The van der Waals surface area contributed by atoms with Crippen LogP contribution in [0.15, 0.2) is 242 Å². The molecule has 15 aromatic rings. The van der Waals surface area contributed by atoms with Crippen LogP contribution in [0.3, 0.4) is 0 Å². The summed E-state index contributed by atoms with van der Waals surface area (Å²) < 4.78 is 28.8. The molecular formula is C82H64N4O4. The van der Waals surface area contributed by atoms with Gasteiger partial charge in [-0.15, -0.1) is 0 Å². The number of benzene rings is 9. The van der Waals surface area contributed by atoms with E-state index in [9.17, 15) is 0 Å². The maximum Gasteiger partial charge on any atom is 0.160 e. The lowest BCUT2D eigenvalue weighted by Crippen LogP contribution is -2.27. The van der Waals surface area contributed by atoms with Gasteiger partial charge >= 0.3 is 0 Å². The molecule has 0 fully saturated rings. The molecule has 1 spiro atoms. The van der Waals surface area contributed by atoms with Gasteiger partial charge in [-0.1, -0.05) is 163 Å². The van der Waals surface area contributed by atoms with Crippen molar-refractivity contribution in [2.75, 3.05) is 9.80 Å². The highest BCUT2D eigenvalue weighted by atomic mass is 16.3. The third kappa shape index (κ3) is 7.60. The van der Waals surface area contributed by atoms with Crippen LogP contribution in [-0.4, -0.2) is 9.97 Å². The fourth-order valence-corrected chi connectivity index (χ4v) is 15.0. The number of furan rings is 4. The average Bonchev–Trinajstić information content (AvgIpc) is 1.48. The van der Waals surface area contributed by atoms with Gasteiger partial charge in [0.25, 0.3) is 0 Å². The van der Waals surface area contributed by atoms with Gasteiger partial charge < -0.3 is 22.6 Å². The summed E-state index contributed by atoms with van der Waals surface area (Å²) in [7, 11) is 0. The second-order valence-corrected chi connectivity index (χ2v) is 26.7. The summed E-state index contributed by atoms with van der Waals surface area (Å²) in [4.78, 5) is 14.7. The molecule has 8 nitrogen and oxygen atoms in total. The summed E-state index contributed by atoms with van der Waals surface area (Å²) in [6, 6.07) is 71.7. The molecule has 6 heterocycles. The highest BCUT2D eigenvalue weighted by molar-refractivity contribution is 6.26. The number of nitrogens with zero attached hydrogens (tertiary/aromatic N) is 4. The van der Waals surface area contributed by atoms with Crippen LogP contribution in [0.25, 0.3) is 99.2 Å². The number of aryl methyl sites for hydroxylation is 2. The lowest BCUT2D eigenvalue weighted by molar-refractivity contribution is 0.590. The number of hydrogen-bond donors (Lipinski definition) is 0. The molecule has 0 N–H and O–H groups in total.